The van der Waals surface area contributed by atoms with Gasteiger partial charge in [-0.15, -0.1) is 10.2 Å². The number of rotatable bonds is 2. The standard InChI is InChI=1S/C8H8N6O3/c1-13(8(16)17)7-11-10-5-3-2-4(6(9)15)12-14(5)7/h2-3H,1H3,(H2,9,15)(H,16,17). The molecule has 0 saturated carbocycles. The Hall–Kier alpha value is -2.71. The zero-order chi connectivity index (χ0) is 12.6. The SMILES string of the molecule is CN(C(=O)O)c1nnc2ccc(C(N)=O)nn12. The van der Waals surface area contributed by atoms with E-state index in [-0.39, 0.29) is 11.6 Å². The first-order valence-corrected chi connectivity index (χ1v) is 4.49. The molecule has 2 aromatic rings. The molecule has 0 spiro atoms. The molecule has 0 fully saturated rings. The number of hydrogen-bond acceptors (Lipinski definition) is 5. The summed E-state index contributed by atoms with van der Waals surface area (Å²) in [6.07, 6.45) is -1.22. The first kappa shape index (κ1) is 10.8. The van der Waals surface area contributed by atoms with E-state index < -0.39 is 12.0 Å². The Morgan fingerprint density at radius 3 is 2.71 bits per heavy atom. The minimum absolute atomic E-state index is 0.00246. The van der Waals surface area contributed by atoms with Crippen LogP contribution in [0.4, 0.5) is 10.7 Å². The summed E-state index contributed by atoms with van der Waals surface area (Å²) in [5.74, 6) is -0.736. The van der Waals surface area contributed by atoms with Crippen molar-refractivity contribution >= 4 is 23.6 Å². The van der Waals surface area contributed by atoms with E-state index in [0.29, 0.717) is 5.65 Å². The summed E-state index contributed by atoms with van der Waals surface area (Å²) in [6, 6.07) is 2.86. The number of nitrogens with zero attached hydrogens (tertiary/aromatic N) is 5. The number of nitrogens with two attached hydrogens (primary N) is 1. The lowest BCUT2D eigenvalue weighted by molar-refractivity contribution is 0.0994. The summed E-state index contributed by atoms with van der Waals surface area (Å²) in [4.78, 5) is 22.6. The molecule has 3 N–H and O–H groups in total. The quantitative estimate of drug-likeness (QED) is 0.712. The highest BCUT2D eigenvalue weighted by molar-refractivity contribution is 5.91. The van der Waals surface area contributed by atoms with Crippen LogP contribution in [0, 0.1) is 0 Å². The zero-order valence-electron chi connectivity index (χ0n) is 8.73. The van der Waals surface area contributed by atoms with Gasteiger partial charge in [-0.2, -0.15) is 9.61 Å². The van der Waals surface area contributed by atoms with Gasteiger partial charge < -0.3 is 10.8 Å². The third-order valence-corrected chi connectivity index (χ3v) is 2.09. The average Bonchev–Trinajstić information content (AvgIpc) is 2.70. The summed E-state index contributed by atoms with van der Waals surface area (Å²) >= 11 is 0. The molecule has 0 aliphatic rings. The fourth-order valence-electron chi connectivity index (χ4n) is 1.20. The molecule has 9 heteroatoms. The molecular formula is C8H8N6O3. The molecular weight excluding hydrogens is 228 g/mol. The van der Waals surface area contributed by atoms with Crippen LogP contribution in [0.5, 0.6) is 0 Å². The number of amides is 2. The van der Waals surface area contributed by atoms with Crippen molar-refractivity contribution in [2.24, 2.45) is 5.73 Å². The Morgan fingerprint density at radius 1 is 1.41 bits per heavy atom. The van der Waals surface area contributed by atoms with E-state index in [1.165, 1.54) is 19.2 Å². The Labute approximate surface area is 94.5 Å². The van der Waals surface area contributed by atoms with Crippen LogP contribution in [0.2, 0.25) is 0 Å². The molecule has 0 saturated heterocycles. The van der Waals surface area contributed by atoms with Gasteiger partial charge in [0.2, 0.25) is 0 Å². The van der Waals surface area contributed by atoms with E-state index in [1.807, 2.05) is 0 Å². The molecule has 0 radical (unpaired) electrons. The van der Waals surface area contributed by atoms with Crippen LogP contribution in [0.25, 0.3) is 5.65 Å². The van der Waals surface area contributed by atoms with Gasteiger partial charge in [0, 0.05) is 7.05 Å². The molecule has 0 aliphatic heterocycles. The number of fused-ring (bicyclic) bond motifs is 1. The topological polar surface area (TPSA) is 127 Å². The fraction of sp³-hybridized carbons (Fsp3) is 0.125. The number of carboxylic acid groups (broad SMARTS) is 1. The van der Waals surface area contributed by atoms with Crippen molar-refractivity contribution in [1.29, 1.82) is 0 Å². The van der Waals surface area contributed by atoms with Crippen molar-refractivity contribution in [3.63, 3.8) is 0 Å². The molecule has 0 bridgehead atoms. The highest BCUT2D eigenvalue weighted by atomic mass is 16.4. The Morgan fingerprint density at radius 2 is 2.12 bits per heavy atom. The Kier molecular flexibility index (Phi) is 2.35. The predicted octanol–water partition coefficient (Wildman–Crippen LogP) is -0.663. The lowest BCUT2D eigenvalue weighted by Crippen LogP contribution is -2.26. The van der Waals surface area contributed by atoms with Crippen LogP contribution >= 0.6 is 0 Å². The number of hydrogen-bond donors (Lipinski definition) is 2. The normalized spacial score (nSPS) is 10.4. The smallest absolute Gasteiger partial charge is 0.414 e. The first-order chi connectivity index (χ1) is 8.00. The molecule has 17 heavy (non-hydrogen) atoms. The van der Waals surface area contributed by atoms with Gasteiger partial charge in [0.05, 0.1) is 0 Å². The van der Waals surface area contributed by atoms with Gasteiger partial charge >= 0.3 is 6.09 Å². The lowest BCUT2D eigenvalue weighted by Gasteiger charge is -2.08. The third-order valence-electron chi connectivity index (χ3n) is 2.09. The second-order valence-corrected chi connectivity index (χ2v) is 3.19. The predicted molar refractivity (Wildman–Crippen MR) is 55.7 cm³/mol. The van der Waals surface area contributed by atoms with Crippen molar-refractivity contribution in [2.75, 3.05) is 11.9 Å². The summed E-state index contributed by atoms with van der Waals surface area (Å²) < 4.78 is 1.13. The number of carbonyl (C=O) groups excluding carboxylic acids is 1. The minimum Gasteiger partial charge on any atom is -0.465 e. The highest BCUT2D eigenvalue weighted by Gasteiger charge is 2.17. The van der Waals surface area contributed by atoms with Crippen molar-refractivity contribution in [1.82, 2.24) is 19.8 Å². The number of aromatic nitrogens is 4. The first-order valence-electron chi connectivity index (χ1n) is 4.49. The van der Waals surface area contributed by atoms with Crippen LogP contribution in [0.3, 0.4) is 0 Å². The molecule has 88 valence electrons. The molecule has 2 amide bonds. The van der Waals surface area contributed by atoms with E-state index in [1.54, 1.807) is 0 Å². The van der Waals surface area contributed by atoms with Crippen LogP contribution < -0.4 is 10.6 Å². The summed E-state index contributed by atoms with van der Waals surface area (Å²) in [7, 11) is 1.29. The second kappa shape index (κ2) is 3.70. The highest BCUT2D eigenvalue weighted by Crippen LogP contribution is 2.11. The van der Waals surface area contributed by atoms with E-state index in [4.69, 9.17) is 10.8 Å². The van der Waals surface area contributed by atoms with Crippen LogP contribution in [0.1, 0.15) is 10.5 Å². The zero-order valence-corrected chi connectivity index (χ0v) is 8.73. The van der Waals surface area contributed by atoms with Gasteiger partial charge in [-0.1, -0.05) is 0 Å². The van der Waals surface area contributed by atoms with E-state index in [9.17, 15) is 9.59 Å². The molecule has 2 rings (SSSR count). The molecule has 0 aromatic carbocycles. The third kappa shape index (κ3) is 1.73. The molecule has 0 aliphatic carbocycles. The maximum Gasteiger partial charge on any atom is 0.414 e. The van der Waals surface area contributed by atoms with E-state index in [2.05, 4.69) is 15.3 Å². The second-order valence-electron chi connectivity index (χ2n) is 3.19. The maximum absolute atomic E-state index is 11.0. The molecule has 0 unspecified atom stereocenters. The van der Waals surface area contributed by atoms with Gasteiger partial charge in [0.25, 0.3) is 11.9 Å². The number of carbonyl (C=O) groups is 2. The summed E-state index contributed by atoms with van der Waals surface area (Å²) in [6.45, 7) is 0. The van der Waals surface area contributed by atoms with E-state index in [0.717, 1.165) is 9.42 Å². The average molecular weight is 236 g/mol. The van der Waals surface area contributed by atoms with Gasteiger partial charge in [0.15, 0.2) is 5.65 Å². The summed E-state index contributed by atoms with van der Waals surface area (Å²) in [5.41, 5.74) is 5.39. The molecule has 2 heterocycles. The van der Waals surface area contributed by atoms with Gasteiger partial charge in [-0.25, -0.2) is 9.69 Å². The molecule has 0 atom stereocenters. The van der Waals surface area contributed by atoms with Crippen LogP contribution in [-0.4, -0.2) is 44.0 Å². The monoisotopic (exact) mass is 236 g/mol. The summed E-state index contributed by atoms with van der Waals surface area (Å²) in [5, 5.41) is 20.0. The Balaban J connectivity index is 2.61. The minimum atomic E-state index is -1.22. The van der Waals surface area contributed by atoms with Crippen molar-refractivity contribution < 1.29 is 14.7 Å². The molecule has 9 nitrogen and oxygen atoms in total. The van der Waals surface area contributed by atoms with Gasteiger partial charge in [0.1, 0.15) is 5.69 Å². The van der Waals surface area contributed by atoms with Crippen molar-refractivity contribution in [2.45, 2.75) is 0 Å². The number of anilines is 1. The fourth-order valence-corrected chi connectivity index (χ4v) is 1.20. The maximum atomic E-state index is 11.0. The van der Waals surface area contributed by atoms with Gasteiger partial charge in [-0.05, 0) is 12.1 Å². The lowest BCUT2D eigenvalue weighted by atomic mass is 10.4. The van der Waals surface area contributed by atoms with Gasteiger partial charge in [-0.3, -0.25) is 4.79 Å². The Bertz CT molecular complexity index is 606. The van der Waals surface area contributed by atoms with E-state index >= 15 is 0 Å². The van der Waals surface area contributed by atoms with Crippen molar-refractivity contribution in [3.8, 4) is 0 Å². The molecule has 2 aromatic heterocycles. The van der Waals surface area contributed by atoms with Crippen molar-refractivity contribution in [3.05, 3.63) is 17.8 Å². The van der Waals surface area contributed by atoms with Crippen LogP contribution in [0.15, 0.2) is 12.1 Å². The van der Waals surface area contributed by atoms with Crippen LogP contribution in [-0.2, 0) is 0 Å². The largest absolute Gasteiger partial charge is 0.465 e. The number of primary amides is 1.